The maximum absolute atomic E-state index is 5.56. The third-order valence-electron chi connectivity index (χ3n) is 5.32. The number of para-hydroxylation sites is 1. The van der Waals surface area contributed by atoms with E-state index in [9.17, 15) is 0 Å². The minimum absolute atomic E-state index is 0.872. The standard InChI is InChI=1S/C21H31N3O/c1-4-24(5-2)15-9-14-22-20-16-10-6-7-12-18(16)23-21-17(20)11-8-13-19(21)25-3/h8,11,13H,4-7,9-10,12,14-15H2,1-3H3,(H,22,23). The second-order valence-corrected chi connectivity index (χ2v) is 6.78. The molecule has 0 saturated heterocycles. The maximum Gasteiger partial charge on any atom is 0.145 e. The zero-order valence-electron chi connectivity index (χ0n) is 15.9. The molecule has 25 heavy (non-hydrogen) atoms. The van der Waals surface area contributed by atoms with Gasteiger partial charge in [0, 0.05) is 23.3 Å². The Hall–Kier alpha value is -1.81. The van der Waals surface area contributed by atoms with E-state index in [-0.39, 0.29) is 0 Å². The molecule has 2 aromatic rings. The predicted molar refractivity (Wildman–Crippen MR) is 106 cm³/mol. The van der Waals surface area contributed by atoms with Crippen LogP contribution in [0, 0.1) is 0 Å². The fraction of sp³-hybridized carbons (Fsp3) is 0.571. The second-order valence-electron chi connectivity index (χ2n) is 6.78. The molecule has 4 nitrogen and oxygen atoms in total. The van der Waals surface area contributed by atoms with Crippen molar-refractivity contribution < 1.29 is 4.74 Å². The lowest BCUT2D eigenvalue weighted by molar-refractivity contribution is 0.303. The van der Waals surface area contributed by atoms with Crippen molar-refractivity contribution in [1.29, 1.82) is 0 Å². The maximum atomic E-state index is 5.56. The van der Waals surface area contributed by atoms with Gasteiger partial charge >= 0.3 is 0 Å². The van der Waals surface area contributed by atoms with Gasteiger partial charge in [-0.15, -0.1) is 0 Å². The summed E-state index contributed by atoms with van der Waals surface area (Å²) in [4.78, 5) is 7.43. The van der Waals surface area contributed by atoms with Crippen LogP contribution in [-0.2, 0) is 12.8 Å². The molecule has 1 aliphatic carbocycles. The smallest absolute Gasteiger partial charge is 0.145 e. The van der Waals surface area contributed by atoms with Crippen molar-refractivity contribution in [1.82, 2.24) is 9.88 Å². The van der Waals surface area contributed by atoms with Gasteiger partial charge in [0.05, 0.1) is 7.11 Å². The Kier molecular flexibility index (Phi) is 6.14. The molecule has 1 aromatic heterocycles. The number of aromatic nitrogens is 1. The number of aryl methyl sites for hydroxylation is 1. The van der Waals surface area contributed by atoms with Gasteiger partial charge in [0.25, 0.3) is 0 Å². The van der Waals surface area contributed by atoms with Gasteiger partial charge in [0.15, 0.2) is 0 Å². The monoisotopic (exact) mass is 341 g/mol. The third-order valence-corrected chi connectivity index (χ3v) is 5.32. The van der Waals surface area contributed by atoms with Crippen LogP contribution in [0.1, 0.15) is 44.4 Å². The summed E-state index contributed by atoms with van der Waals surface area (Å²) in [5, 5.41) is 4.95. The van der Waals surface area contributed by atoms with Crippen molar-refractivity contribution in [3.8, 4) is 5.75 Å². The van der Waals surface area contributed by atoms with Crippen LogP contribution in [0.2, 0.25) is 0 Å². The summed E-state index contributed by atoms with van der Waals surface area (Å²) < 4.78 is 5.56. The molecule has 1 N–H and O–H groups in total. The quantitative estimate of drug-likeness (QED) is 0.728. The summed E-state index contributed by atoms with van der Waals surface area (Å²) in [5.74, 6) is 0.872. The molecule has 0 spiro atoms. The molecule has 4 heteroatoms. The summed E-state index contributed by atoms with van der Waals surface area (Å²) in [6.07, 6.45) is 5.87. The van der Waals surface area contributed by atoms with Crippen molar-refractivity contribution in [2.45, 2.75) is 46.0 Å². The molecule has 0 bridgehead atoms. The van der Waals surface area contributed by atoms with Crippen molar-refractivity contribution in [2.75, 3.05) is 38.6 Å². The lowest BCUT2D eigenvalue weighted by atomic mass is 9.92. The first kappa shape index (κ1) is 18.0. The van der Waals surface area contributed by atoms with Gasteiger partial charge in [-0.1, -0.05) is 26.0 Å². The van der Waals surface area contributed by atoms with E-state index in [1.165, 1.54) is 35.2 Å². The molecule has 0 fully saturated rings. The first-order valence-electron chi connectivity index (χ1n) is 9.73. The molecule has 1 aromatic carbocycles. The van der Waals surface area contributed by atoms with Crippen LogP contribution < -0.4 is 10.1 Å². The Balaban J connectivity index is 1.87. The number of nitrogens with one attached hydrogen (secondary N) is 1. The molecule has 1 heterocycles. The van der Waals surface area contributed by atoms with Gasteiger partial charge in [-0.25, -0.2) is 4.98 Å². The molecule has 136 valence electrons. The molecule has 0 radical (unpaired) electrons. The zero-order valence-corrected chi connectivity index (χ0v) is 15.9. The summed E-state index contributed by atoms with van der Waals surface area (Å²) in [7, 11) is 1.73. The van der Waals surface area contributed by atoms with E-state index in [1.807, 2.05) is 6.07 Å². The third kappa shape index (κ3) is 3.90. The van der Waals surface area contributed by atoms with Gasteiger partial charge < -0.3 is 15.0 Å². The number of hydrogen-bond acceptors (Lipinski definition) is 4. The molecular weight excluding hydrogens is 310 g/mol. The highest BCUT2D eigenvalue weighted by molar-refractivity contribution is 5.96. The van der Waals surface area contributed by atoms with Crippen LogP contribution in [0.3, 0.4) is 0 Å². The molecule has 0 atom stereocenters. The SMILES string of the molecule is CCN(CC)CCCNc1c2c(nc3c(OC)cccc13)CCCC2. The minimum Gasteiger partial charge on any atom is -0.494 e. The first-order chi connectivity index (χ1) is 12.3. The number of nitrogens with zero attached hydrogens (tertiary/aromatic N) is 2. The van der Waals surface area contributed by atoms with Crippen LogP contribution in [0.15, 0.2) is 18.2 Å². The second kappa shape index (κ2) is 8.52. The fourth-order valence-electron chi connectivity index (χ4n) is 3.84. The Morgan fingerprint density at radius 2 is 1.96 bits per heavy atom. The predicted octanol–water partition coefficient (Wildman–Crippen LogP) is 4.27. The van der Waals surface area contributed by atoms with Crippen molar-refractivity contribution in [3.63, 3.8) is 0 Å². The van der Waals surface area contributed by atoms with Gasteiger partial charge in [-0.3, -0.25) is 0 Å². The largest absolute Gasteiger partial charge is 0.494 e. The topological polar surface area (TPSA) is 37.4 Å². The highest BCUT2D eigenvalue weighted by Gasteiger charge is 2.19. The number of fused-ring (bicyclic) bond motifs is 2. The molecule has 0 unspecified atom stereocenters. The Morgan fingerprint density at radius 1 is 1.16 bits per heavy atom. The van der Waals surface area contributed by atoms with Gasteiger partial charge in [0.2, 0.25) is 0 Å². The van der Waals surface area contributed by atoms with Gasteiger partial charge in [0.1, 0.15) is 11.3 Å². The lowest BCUT2D eigenvalue weighted by Crippen LogP contribution is -2.25. The number of anilines is 1. The van der Waals surface area contributed by atoms with E-state index in [0.717, 1.165) is 56.7 Å². The van der Waals surface area contributed by atoms with Crippen molar-refractivity contribution in [3.05, 3.63) is 29.5 Å². The van der Waals surface area contributed by atoms with Gasteiger partial charge in [-0.2, -0.15) is 0 Å². The van der Waals surface area contributed by atoms with Crippen LogP contribution >= 0.6 is 0 Å². The lowest BCUT2D eigenvalue weighted by Gasteiger charge is -2.23. The number of rotatable bonds is 8. The Labute approximate surface area is 151 Å². The summed E-state index contributed by atoms with van der Waals surface area (Å²) in [6, 6.07) is 6.25. The van der Waals surface area contributed by atoms with E-state index in [1.54, 1.807) is 7.11 Å². The van der Waals surface area contributed by atoms with Gasteiger partial charge in [-0.05, 0) is 63.4 Å². The number of benzene rings is 1. The summed E-state index contributed by atoms with van der Waals surface area (Å²) >= 11 is 0. The highest BCUT2D eigenvalue weighted by atomic mass is 16.5. The molecule has 1 aliphatic rings. The van der Waals surface area contributed by atoms with E-state index in [0.29, 0.717) is 0 Å². The molecule has 0 saturated carbocycles. The van der Waals surface area contributed by atoms with Crippen LogP contribution in [0.4, 0.5) is 5.69 Å². The number of methoxy groups -OCH3 is 1. The zero-order chi connectivity index (χ0) is 17.6. The average molecular weight is 341 g/mol. The van der Waals surface area contributed by atoms with E-state index < -0.39 is 0 Å². The highest BCUT2D eigenvalue weighted by Crippen LogP contribution is 2.36. The normalized spacial score (nSPS) is 13.9. The fourth-order valence-corrected chi connectivity index (χ4v) is 3.84. The number of hydrogen-bond donors (Lipinski definition) is 1. The van der Waals surface area contributed by atoms with Crippen molar-refractivity contribution in [2.24, 2.45) is 0 Å². The number of ether oxygens (including phenoxy) is 1. The average Bonchev–Trinajstić information content (AvgIpc) is 2.66. The van der Waals surface area contributed by atoms with Crippen LogP contribution in [0.25, 0.3) is 10.9 Å². The van der Waals surface area contributed by atoms with Crippen LogP contribution in [-0.4, -0.2) is 43.2 Å². The molecule has 0 aliphatic heterocycles. The van der Waals surface area contributed by atoms with E-state index in [4.69, 9.17) is 9.72 Å². The minimum atomic E-state index is 0.872. The van der Waals surface area contributed by atoms with Crippen molar-refractivity contribution >= 4 is 16.6 Å². The first-order valence-corrected chi connectivity index (χ1v) is 9.73. The number of pyridine rings is 1. The van der Waals surface area contributed by atoms with E-state index in [2.05, 4.69) is 36.2 Å². The summed E-state index contributed by atoms with van der Waals surface area (Å²) in [5.41, 5.74) is 4.97. The van der Waals surface area contributed by atoms with Crippen LogP contribution in [0.5, 0.6) is 5.75 Å². The van der Waals surface area contributed by atoms with E-state index >= 15 is 0 Å². The molecule has 3 rings (SSSR count). The summed E-state index contributed by atoms with van der Waals surface area (Å²) in [6.45, 7) is 8.86. The molecule has 0 amide bonds. The Morgan fingerprint density at radius 3 is 2.72 bits per heavy atom. The Bertz CT molecular complexity index is 710. The molecular formula is C21H31N3O.